The molecule has 0 unspecified atom stereocenters. The van der Waals surface area contributed by atoms with Gasteiger partial charge in [-0.3, -0.25) is 19.6 Å². The Balaban J connectivity index is 1.34. The highest BCUT2D eigenvalue weighted by Gasteiger charge is 2.31. The van der Waals surface area contributed by atoms with Crippen LogP contribution in [0.15, 0.2) is 41.3 Å². The maximum absolute atomic E-state index is 12.7. The maximum atomic E-state index is 12.7. The number of carbonyl (C=O) groups excluding carboxylic acids is 2. The molecule has 2 heterocycles. The monoisotopic (exact) mass is 524 g/mol. The third kappa shape index (κ3) is 6.58. The first-order chi connectivity index (χ1) is 18.0. The fraction of sp³-hybridized carbons (Fsp3) is 0.556. The summed E-state index contributed by atoms with van der Waals surface area (Å²) in [4.78, 5) is 47.6. The number of amides is 3. The van der Waals surface area contributed by atoms with Gasteiger partial charge in [-0.1, -0.05) is 19.1 Å². The Labute approximate surface area is 223 Å². The summed E-state index contributed by atoms with van der Waals surface area (Å²) in [6, 6.07) is 9.95. The Morgan fingerprint density at radius 1 is 1.08 bits per heavy atom. The van der Waals surface area contributed by atoms with Gasteiger partial charge in [0.2, 0.25) is 5.91 Å². The molecular formula is C27H40N8O3. The fourth-order valence-corrected chi connectivity index (χ4v) is 5.20. The van der Waals surface area contributed by atoms with Crippen LogP contribution in [0.25, 0.3) is 5.69 Å². The Morgan fingerprint density at radius 2 is 1.74 bits per heavy atom. The predicted octanol–water partition coefficient (Wildman–Crippen LogP) is 1.35. The molecule has 0 radical (unpaired) electrons. The number of piperazine rings is 1. The van der Waals surface area contributed by atoms with Crippen LogP contribution >= 0.6 is 0 Å². The van der Waals surface area contributed by atoms with Gasteiger partial charge < -0.3 is 21.3 Å². The SMILES string of the molecule is CCN(Cc1ccc(-n2ccc(NC(=O)N3CCN(C(=O)C(C)(C)N)CC3)nc2=O)cc1)[C@@H]1CC[C@H](N)C1. The molecule has 0 spiro atoms. The van der Waals surface area contributed by atoms with Crippen molar-refractivity contribution >= 4 is 17.8 Å². The van der Waals surface area contributed by atoms with Gasteiger partial charge in [0.05, 0.1) is 11.2 Å². The highest BCUT2D eigenvalue weighted by molar-refractivity contribution is 5.89. The zero-order valence-electron chi connectivity index (χ0n) is 22.6. The van der Waals surface area contributed by atoms with Crippen molar-refractivity contribution in [2.24, 2.45) is 11.5 Å². The molecule has 2 atom stereocenters. The Morgan fingerprint density at radius 3 is 2.29 bits per heavy atom. The highest BCUT2D eigenvalue weighted by atomic mass is 16.2. The van der Waals surface area contributed by atoms with E-state index in [4.69, 9.17) is 11.5 Å². The molecule has 1 saturated carbocycles. The van der Waals surface area contributed by atoms with Gasteiger partial charge in [-0.05, 0) is 63.4 Å². The Hall–Kier alpha value is -3.28. The van der Waals surface area contributed by atoms with Gasteiger partial charge in [-0.25, -0.2) is 9.59 Å². The van der Waals surface area contributed by atoms with Crippen LogP contribution in [0.2, 0.25) is 0 Å². The molecule has 4 rings (SSSR count). The summed E-state index contributed by atoms with van der Waals surface area (Å²) in [7, 11) is 0. The van der Waals surface area contributed by atoms with Crippen molar-refractivity contribution < 1.29 is 9.59 Å². The van der Waals surface area contributed by atoms with Crippen LogP contribution < -0.4 is 22.5 Å². The number of nitrogens with two attached hydrogens (primary N) is 2. The number of benzene rings is 1. The number of rotatable bonds is 7. The number of nitrogens with zero attached hydrogens (tertiary/aromatic N) is 5. The molecule has 2 fully saturated rings. The summed E-state index contributed by atoms with van der Waals surface area (Å²) in [5.41, 5.74) is 12.5. The van der Waals surface area contributed by atoms with E-state index in [1.54, 1.807) is 35.9 Å². The quantitative estimate of drug-likeness (QED) is 0.496. The average Bonchev–Trinajstić information content (AvgIpc) is 3.33. The van der Waals surface area contributed by atoms with Crippen molar-refractivity contribution in [3.63, 3.8) is 0 Å². The second-order valence-corrected chi connectivity index (χ2v) is 10.9. The summed E-state index contributed by atoms with van der Waals surface area (Å²) in [6.07, 6.45) is 4.87. The summed E-state index contributed by atoms with van der Waals surface area (Å²) in [5, 5.41) is 2.69. The number of urea groups is 1. The average molecular weight is 525 g/mol. The Kier molecular flexibility index (Phi) is 8.49. The number of hydrogen-bond donors (Lipinski definition) is 3. The summed E-state index contributed by atoms with van der Waals surface area (Å²) in [6.45, 7) is 8.89. The zero-order valence-corrected chi connectivity index (χ0v) is 22.6. The van der Waals surface area contributed by atoms with E-state index in [0.717, 1.165) is 32.4 Å². The molecule has 38 heavy (non-hydrogen) atoms. The lowest BCUT2D eigenvalue weighted by Gasteiger charge is -2.37. The predicted molar refractivity (Wildman–Crippen MR) is 147 cm³/mol. The molecule has 2 aliphatic rings. The first-order valence-electron chi connectivity index (χ1n) is 13.4. The summed E-state index contributed by atoms with van der Waals surface area (Å²) in [5.74, 6) is 0.0416. The molecule has 1 aliphatic carbocycles. The molecule has 2 aromatic rings. The maximum Gasteiger partial charge on any atom is 0.354 e. The van der Waals surface area contributed by atoms with Gasteiger partial charge in [0.1, 0.15) is 5.82 Å². The second kappa shape index (κ2) is 11.6. The van der Waals surface area contributed by atoms with E-state index in [0.29, 0.717) is 44.0 Å². The largest absolute Gasteiger partial charge is 0.354 e. The van der Waals surface area contributed by atoms with Gasteiger partial charge in [0, 0.05) is 51.0 Å². The third-order valence-electron chi connectivity index (χ3n) is 7.41. The van der Waals surface area contributed by atoms with E-state index in [1.165, 1.54) is 10.1 Å². The standard InChI is InChI=1S/C27H40N8O3/c1-4-32(22-10-7-20(28)17-22)18-19-5-8-21(9-6-19)35-12-11-23(31-26(35)38)30-25(37)34-15-13-33(14-16-34)24(36)27(2,3)29/h5-6,8-9,11-12,20,22H,4,7,10,13-18,28-29H2,1-3H3,(H,30,31,37,38)/t20-,22+/m0/s1. The molecule has 1 aromatic heterocycles. The van der Waals surface area contributed by atoms with E-state index in [9.17, 15) is 14.4 Å². The molecule has 1 aromatic carbocycles. The lowest BCUT2D eigenvalue weighted by molar-refractivity contribution is -0.137. The van der Waals surface area contributed by atoms with Gasteiger partial charge in [-0.2, -0.15) is 4.98 Å². The summed E-state index contributed by atoms with van der Waals surface area (Å²) >= 11 is 0. The number of aromatic nitrogens is 2. The van der Waals surface area contributed by atoms with Gasteiger partial charge in [-0.15, -0.1) is 0 Å². The number of nitrogens with one attached hydrogen (secondary N) is 1. The van der Waals surface area contributed by atoms with Crippen LogP contribution in [0.1, 0.15) is 45.6 Å². The van der Waals surface area contributed by atoms with E-state index in [2.05, 4.69) is 22.1 Å². The van der Waals surface area contributed by atoms with E-state index in [1.807, 2.05) is 24.3 Å². The Bertz CT molecular complexity index is 1180. The van der Waals surface area contributed by atoms with Crippen molar-refractivity contribution in [1.82, 2.24) is 24.3 Å². The van der Waals surface area contributed by atoms with Crippen LogP contribution in [-0.2, 0) is 11.3 Å². The first-order valence-corrected chi connectivity index (χ1v) is 13.4. The normalized spacial score (nSPS) is 20.2. The molecule has 1 saturated heterocycles. The van der Waals surface area contributed by atoms with Gasteiger partial charge >= 0.3 is 11.7 Å². The van der Waals surface area contributed by atoms with Crippen LogP contribution in [0, 0.1) is 0 Å². The lowest BCUT2D eigenvalue weighted by Crippen LogP contribution is -2.58. The van der Waals surface area contributed by atoms with Crippen molar-refractivity contribution in [3.8, 4) is 5.69 Å². The minimum atomic E-state index is -0.946. The van der Waals surface area contributed by atoms with E-state index >= 15 is 0 Å². The molecule has 11 nitrogen and oxygen atoms in total. The number of hydrogen-bond acceptors (Lipinski definition) is 7. The number of anilines is 1. The molecule has 0 bridgehead atoms. The first kappa shape index (κ1) is 27.7. The van der Waals surface area contributed by atoms with Crippen molar-refractivity contribution in [2.75, 3.05) is 38.0 Å². The minimum Gasteiger partial charge on any atom is -0.338 e. The smallest absolute Gasteiger partial charge is 0.338 e. The molecule has 3 amide bonds. The lowest BCUT2D eigenvalue weighted by atomic mass is 10.1. The number of carbonyl (C=O) groups is 2. The second-order valence-electron chi connectivity index (χ2n) is 10.9. The van der Waals surface area contributed by atoms with E-state index < -0.39 is 11.2 Å². The molecule has 206 valence electrons. The minimum absolute atomic E-state index is 0.142. The van der Waals surface area contributed by atoms with Gasteiger partial charge in [0.25, 0.3) is 0 Å². The molecule has 11 heteroatoms. The van der Waals surface area contributed by atoms with Crippen LogP contribution in [0.3, 0.4) is 0 Å². The third-order valence-corrected chi connectivity index (χ3v) is 7.41. The van der Waals surface area contributed by atoms with Gasteiger partial charge in [0.15, 0.2) is 0 Å². The molecule has 1 aliphatic heterocycles. The van der Waals surface area contributed by atoms with Crippen molar-refractivity contribution in [3.05, 3.63) is 52.6 Å². The molecule has 5 N–H and O–H groups in total. The summed E-state index contributed by atoms with van der Waals surface area (Å²) < 4.78 is 1.45. The molecular weight excluding hydrogens is 484 g/mol. The zero-order chi connectivity index (χ0) is 27.4. The van der Waals surface area contributed by atoms with Crippen molar-refractivity contribution in [2.45, 2.75) is 64.2 Å². The van der Waals surface area contributed by atoms with Crippen LogP contribution in [0.5, 0.6) is 0 Å². The highest BCUT2D eigenvalue weighted by Crippen LogP contribution is 2.24. The van der Waals surface area contributed by atoms with Crippen molar-refractivity contribution in [1.29, 1.82) is 0 Å². The van der Waals surface area contributed by atoms with Crippen LogP contribution in [0.4, 0.5) is 10.6 Å². The van der Waals surface area contributed by atoms with E-state index in [-0.39, 0.29) is 17.8 Å². The topological polar surface area (TPSA) is 143 Å². The van der Waals surface area contributed by atoms with Crippen LogP contribution in [-0.4, -0.2) is 86.5 Å². The fourth-order valence-electron chi connectivity index (χ4n) is 5.20.